The molecule has 98 valence electrons. The number of carbonyl (C=O) groups is 1. The molecule has 1 aromatic heterocycles. The van der Waals surface area contributed by atoms with E-state index in [9.17, 15) is 9.59 Å². The van der Waals surface area contributed by atoms with Crippen LogP contribution in [0, 0.1) is 0 Å². The molecule has 0 radical (unpaired) electrons. The Morgan fingerprint density at radius 3 is 2.50 bits per heavy atom. The molecule has 0 unspecified atom stereocenters. The van der Waals surface area contributed by atoms with Gasteiger partial charge < -0.3 is 0 Å². The third kappa shape index (κ3) is 2.23. The zero-order valence-electron chi connectivity index (χ0n) is 10.7. The number of nitrogens with zero attached hydrogens (tertiary/aromatic N) is 2. The summed E-state index contributed by atoms with van der Waals surface area (Å²) < 4.78 is 1.46. The Morgan fingerprint density at radius 1 is 1.00 bits per heavy atom. The first-order valence-electron chi connectivity index (χ1n) is 6.28. The van der Waals surface area contributed by atoms with Gasteiger partial charge in [0.05, 0.1) is 23.8 Å². The van der Waals surface area contributed by atoms with Gasteiger partial charge in [-0.2, -0.15) is 0 Å². The summed E-state index contributed by atoms with van der Waals surface area (Å²) >= 11 is 0. The van der Waals surface area contributed by atoms with Gasteiger partial charge in [-0.15, -0.1) is 0 Å². The first-order chi connectivity index (χ1) is 9.75. The SMILES string of the molecule is O=C(Cn1c(=O)cnc2ccccc21)c1ccccc1. The van der Waals surface area contributed by atoms with Crippen LogP contribution in [0.15, 0.2) is 65.6 Å². The number of carbonyl (C=O) groups excluding carboxylic acids is 1. The summed E-state index contributed by atoms with van der Waals surface area (Å²) in [6.45, 7) is 0.0197. The first kappa shape index (κ1) is 12.3. The number of hydrogen-bond acceptors (Lipinski definition) is 3. The highest BCUT2D eigenvalue weighted by Gasteiger charge is 2.10. The summed E-state index contributed by atoms with van der Waals surface area (Å²) in [6.07, 6.45) is 1.25. The topological polar surface area (TPSA) is 52.0 Å². The number of ketones is 1. The Bertz CT molecular complexity index is 823. The van der Waals surface area contributed by atoms with Gasteiger partial charge in [0.25, 0.3) is 5.56 Å². The number of aromatic nitrogens is 2. The Hall–Kier alpha value is -2.75. The van der Waals surface area contributed by atoms with E-state index in [1.165, 1.54) is 10.8 Å². The molecule has 1 heterocycles. The standard InChI is InChI=1S/C16H12N2O2/c19-15(12-6-2-1-3-7-12)11-18-14-9-5-4-8-13(14)17-10-16(18)20/h1-10H,11H2. The fourth-order valence-electron chi connectivity index (χ4n) is 2.14. The van der Waals surface area contributed by atoms with Crippen LogP contribution >= 0.6 is 0 Å². The molecule has 0 saturated heterocycles. The highest BCUT2D eigenvalue weighted by atomic mass is 16.1. The van der Waals surface area contributed by atoms with Crippen molar-refractivity contribution < 1.29 is 4.79 Å². The summed E-state index contributed by atoms with van der Waals surface area (Å²) in [7, 11) is 0. The van der Waals surface area contributed by atoms with E-state index in [1.807, 2.05) is 24.3 Å². The lowest BCUT2D eigenvalue weighted by Gasteiger charge is -2.08. The Morgan fingerprint density at radius 2 is 1.70 bits per heavy atom. The van der Waals surface area contributed by atoms with Gasteiger partial charge in [0.2, 0.25) is 0 Å². The number of benzene rings is 2. The third-order valence-corrected chi connectivity index (χ3v) is 3.15. The van der Waals surface area contributed by atoms with Crippen LogP contribution in [-0.4, -0.2) is 15.3 Å². The molecule has 3 rings (SSSR count). The van der Waals surface area contributed by atoms with Crippen LogP contribution in [0.3, 0.4) is 0 Å². The second-order valence-electron chi connectivity index (χ2n) is 4.46. The minimum absolute atomic E-state index is 0.0197. The normalized spacial score (nSPS) is 10.6. The largest absolute Gasteiger partial charge is 0.298 e. The molecule has 2 aromatic carbocycles. The van der Waals surface area contributed by atoms with Gasteiger partial charge in [-0.3, -0.25) is 14.2 Å². The zero-order valence-corrected chi connectivity index (χ0v) is 10.7. The van der Waals surface area contributed by atoms with Gasteiger partial charge in [-0.05, 0) is 12.1 Å². The summed E-state index contributed by atoms with van der Waals surface area (Å²) in [5, 5.41) is 0. The van der Waals surface area contributed by atoms with Crippen LogP contribution in [0.4, 0.5) is 0 Å². The highest BCUT2D eigenvalue weighted by molar-refractivity contribution is 5.96. The number of hydrogen-bond donors (Lipinski definition) is 0. The monoisotopic (exact) mass is 264 g/mol. The second-order valence-corrected chi connectivity index (χ2v) is 4.46. The predicted octanol–water partition coefficient (Wildman–Crippen LogP) is 2.28. The molecule has 4 heteroatoms. The van der Waals surface area contributed by atoms with Gasteiger partial charge in [0, 0.05) is 5.56 Å². The van der Waals surface area contributed by atoms with E-state index in [4.69, 9.17) is 0 Å². The molecular weight excluding hydrogens is 252 g/mol. The van der Waals surface area contributed by atoms with Gasteiger partial charge >= 0.3 is 0 Å². The van der Waals surface area contributed by atoms with Crippen LogP contribution < -0.4 is 5.56 Å². The molecule has 0 saturated carbocycles. The minimum atomic E-state index is -0.270. The number of fused-ring (bicyclic) bond motifs is 1. The van der Waals surface area contributed by atoms with Gasteiger partial charge in [0.1, 0.15) is 0 Å². The Labute approximate surface area is 115 Å². The molecule has 20 heavy (non-hydrogen) atoms. The van der Waals surface area contributed by atoms with Gasteiger partial charge in [0.15, 0.2) is 5.78 Å². The van der Waals surface area contributed by atoms with E-state index < -0.39 is 0 Å². The lowest BCUT2D eigenvalue weighted by Crippen LogP contribution is -2.24. The van der Waals surface area contributed by atoms with E-state index in [-0.39, 0.29) is 17.9 Å². The van der Waals surface area contributed by atoms with Crippen LogP contribution in [0.5, 0.6) is 0 Å². The molecule has 0 bridgehead atoms. The fourth-order valence-corrected chi connectivity index (χ4v) is 2.14. The molecular formula is C16H12N2O2. The van der Waals surface area contributed by atoms with Crippen LogP contribution in [0.2, 0.25) is 0 Å². The molecule has 0 fully saturated rings. The van der Waals surface area contributed by atoms with Crippen molar-refractivity contribution in [2.45, 2.75) is 6.54 Å². The maximum Gasteiger partial charge on any atom is 0.269 e. The van der Waals surface area contributed by atoms with Gasteiger partial charge in [-0.1, -0.05) is 42.5 Å². The molecule has 0 amide bonds. The lowest BCUT2D eigenvalue weighted by molar-refractivity contribution is 0.0972. The van der Waals surface area contributed by atoms with E-state index in [0.717, 1.165) is 0 Å². The van der Waals surface area contributed by atoms with Crippen molar-refractivity contribution >= 4 is 16.8 Å². The molecule has 0 atom stereocenters. The van der Waals surface area contributed by atoms with Crippen LogP contribution in [0.25, 0.3) is 11.0 Å². The highest BCUT2D eigenvalue weighted by Crippen LogP contribution is 2.09. The molecule has 4 nitrogen and oxygen atoms in total. The minimum Gasteiger partial charge on any atom is -0.298 e. The molecule has 0 N–H and O–H groups in total. The smallest absolute Gasteiger partial charge is 0.269 e. The van der Waals surface area contributed by atoms with E-state index in [2.05, 4.69) is 4.98 Å². The van der Waals surface area contributed by atoms with Crippen LogP contribution in [0.1, 0.15) is 10.4 Å². The average molecular weight is 264 g/mol. The Kier molecular flexibility index (Phi) is 3.13. The average Bonchev–Trinajstić information content (AvgIpc) is 2.51. The summed E-state index contributed by atoms with van der Waals surface area (Å²) in [5.41, 5.74) is 1.70. The van der Waals surface area contributed by atoms with E-state index >= 15 is 0 Å². The summed E-state index contributed by atoms with van der Waals surface area (Å²) in [5.74, 6) is -0.0935. The van der Waals surface area contributed by atoms with E-state index in [0.29, 0.717) is 16.6 Å². The van der Waals surface area contributed by atoms with Crippen molar-refractivity contribution in [1.29, 1.82) is 0 Å². The van der Waals surface area contributed by atoms with Crippen molar-refractivity contribution in [3.63, 3.8) is 0 Å². The maximum atomic E-state index is 12.2. The third-order valence-electron chi connectivity index (χ3n) is 3.15. The zero-order chi connectivity index (χ0) is 13.9. The lowest BCUT2D eigenvalue weighted by atomic mass is 10.1. The molecule has 0 aliphatic rings. The first-order valence-corrected chi connectivity index (χ1v) is 6.28. The number of rotatable bonds is 3. The quantitative estimate of drug-likeness (QED) is 0.682. The van der Waals surface area contributed by atoms with Crippen molar-refractivity contribution in [1.82, 2.24) is 9.55 Å². The van der Waals surface area contributed by atoms with Gasteiger partial charge in [-0.25, -0.2) is 4.98 Å². The summed E-state index contributed by atoms with van der Waals surface area (Å²) in [4.78, 5) is 28.3. The molecule has 0 aliphatic heterocycles. The number of Topliss-reactive ketones (excluding diaryl/α,β-unsaturated/α-hetero) is 1. The fraction of sp³-hybridized carbons (Fsp3) is 0.0625. The summed E-state index contributed by atoms with van der Waals surface area (Å²) in [6, 6.07) is 16.2. The maximum absolute atomic E-state index is 12.2. The molecule has 3 aromatic rings. The van der Waals surface area contributed by atoms with Crippen LogP contribution in [-0.2, 0) is 6.54 Å². The predicted molar refractivity (Wildman–Crippen MR) is 76.8 cm³/mol. The number of para-hydroxylation sites is 2. The van der Waals surface area contributed by atoms with Crippen molar-refractivity contribution in [2.75, 3.05) is 0 Å². The molecule has 0 aliphatic carbocycles. The van der Waals surface area contributed by atoms with Crippen molar-refractivity contribution in [2.24, 2.45) is 0 Å². The second kappa shape index (κ2) is 5.09. The Balaban J connectivity index is 2.05. The molecule has 0 spiro atoms. The van der Waals surface area contributed by atoms with Crippen molar-refractivity contribution in [3.8, 4) is 0 Å². The van der Waals surface area contributed by atoms with E-state index in [1.54, 1.807) is 30.3 Å². The van der Waals surface area contributed by atoms with Crippen molar-refractivity contribution in [3.05, 3.63) is 76.7 Å².